The monoisotopic (exact) mass is 386 g/mol. The molecule has 2 rings (SSSR count). The van der Waals surface area contributed by atoms with E-state index in [0.29, 0.717) is 10.6 Å². The lowest BCUT2D eigenvalue weighted by molar-refractivity contribution is -0.120. The third-order valence-corrected chi connectivity index (χ3v) is 4.28. The molecule has 2 amide bonds. The third-order valence-electron chi connectivity index (χ3n) is 3.95. The van der Waals surface area contributed by atoms with Crippen molar-refractivity contribution >= 4 is 35.3 Å². The molecule has 0 heterocycles. The maximum atomic E-state index is 12.0. The fraction of sp³-hybridized carbons (Fsp3) is 0.250. The van der Waals surface area contributed by atoms with E-state index in [0.717, 1.165) is 24.3 Å². The van der Waals surface area contributed by atoms with Crippen molar-refractivity contribution in [3.8, 4) is 0 Å². The van der Waals surface area contributed by atoms with Gasteiger partial charge in [0.1, 0.15) is 0 Å². The van der Waals surface area contributed by atoms with Crippen LogP contribution in [0.2, 0.25) is 5.02 Å². The van der Waals surface area contributed by atoms with Crippen LogP contribution in [-0.2, 0) is 4.79 Å². The molecule has 0 saturated carbocycles. The second-order valence-electron chi connectivity index (χ2n) is 5.72. The molecule has 0 fully saturated rings. The maximum Gasteiger partial charge on any atom is 0.259 e. The van der Waals surface area contributed by atoms with E-state index in [4.69, 9.17) is 11.6 Å². The van der Waals surface area contributed by atoms with E-state index in [1.165, 1.54) is 0 Å². The first kappa shape index (κ1) is 20.5. The molecule has 27 heavy (non-hydrogen) atoms. The van der Waals surface area contributed by atoms with Gasteiger partial charge in [-0.15, -0.1) is 0 Å². The molecule has 0 aromatic heterocycles. The fourth-order valence-corrected chi connectivity index (χ4v) is 2.70. The number of benzene rings is 2. The lowest BCUT2D eigenvalue weighted by Crippen LogP contribution is -2.35. The Labute approximate surface area is 164 Å². The minimum absolute atomic E-state index is 0.192. The first-order valence-electron chi connectivity index (χ1n) is 8.74. The molecular weight excluding hydrogens is 364 g/mol. The summed E-state index contributed by atoms with van der Waals surface area (Å²) in [6.07, 6.45) is 1.56. The summed E-state index contributed by atoms with van der Waals surface area (Å²) in [7, 11) is 0. The van der Waals surface area contributed by atoms with Gasteiger partial charge in [-0.05, 0) is 43.7 Å². The summed E-state index contributed by atoms with van der Waals surface area (Å²) in [4.78, 5) is 26.0. The van der Waals surface area contributed by atoms with Crippen LogP contribution in [0.5, 0.6) is 0 Å². The molecule has 0 aliphatic rings. The lowest BCUT2D eigenvalue weighted by atomic mass is 10.2. The summed E-state index contributed by atoms with van der Waals surface area (Å²) in [5.41, 5.74) is 4.72. The Kier molecular flexibility index (Phi) is 7.82. The summed E-state index contributed by atoms with van der Waals surface area (Å²) >= 11 is 5.95. The van der Waals surface area contributed by atoms with Crippen molar-refractivity contribution in [3.63, 3.8) is 0 Å². The molecule has 0 unspecified atom stereocenters. The fourth-order valence-electron chi connectivity index (χ4n) is 2.48. The Morgan fingerprint density at radius 2 is 1.74 bits per heavy atom. The van der Waals surface area contributed by atoms with E-state index in [2.05, 4.69) is 34.6 Å². The Morgan fingerprint density at radius 1 is 1.07 bits per heavy atom. The van der Waals surface area contributed by atoms with Gasteiger partial charge in [-0.25, -0.2) is 5.43 Å². The van der Waals surface area contributed by atoms with E-state index in [-0.39, 0.29) is 6.54 Å². The van der Waals surface area contributed by atoms with Crippen LogP contribution in [0.25, 0.3) is 0 Å². The van der Waals surface area contributed by atoms with Gasteiger partial charge in [0, 0.05) is 18.8 Å². The van der Waals surface area contributed by atoms with Crippen molar-refractivity contribution in [3.05, 3.63) is 64.7 Å². The van der Waals surface area contributed by atoms with Crippen LogP contribution in [0.4, 0.5) is 5.69 Å². The van der Waals surface area contributed by atoms with Crippen LogP contribution in [0.3, 0.4) is 0 Å². The van der Waals surface area contributed by atoms with Crippen LogP contribution in [0, 0.1) is 0 Å². The molecule has 142 valence electrons. The second-order valence-corrected chi connectivity index (χ2v) is 6.13. The van der Waals surface area contributed by atoms with Crippen molar-refractivity contribution in [2.75, 3.05) is 24.5 Å². The Balaban J connectivity index is 1.81. The molecule has 0 bridgehead atoms. The largest absolute Gasteiger partial charge is 0.372 e. The van der Waals surface area contributed by atoms with Gasteiger partial charge in [0.2, 0.25) is 0 Å². The predicted molar refractivity (Wildman–Crippen MR) is 110 cm³/mol. The standard InChI is InChI=1S/C20H23ClN4O2/c1-3-25(4-2)16-11-9-15(10-12-16)13-23-24-19(26)14-22-20(27)17-7-5-6-8-18(17)21/h5-13H,3-4,14H2,1-2H3,(H,22,27)(H,24,26)/b23-13-. The Bertz CT molecular complexity index is 802. The molecule has 0 aliphatic carbocycles. The third kappa shape index (κ3) is 6.11. The van der Waals surface area contributed by atoms with Gasteiger partial charge < -0.3 is 10.2 Å². The number of carbonyl (C=O) groups is 2. The number of nitrogens with one attached hydrogen (secondary N) is 2. The SMILES string of the molecule is CCN(CC)c1ccc(/C=N\NC(=O)CNC(=O)c2ccccc2Cl)cc1. The van der Waals surface area contributed by atoms with E-state index < -0.39 is 11.8 Å². The minimum atomic E-state index is -0.425. The van der Waals surface area contributed by atoms with Gasteiger partial charge in [-0.2, -0.15) is 5.10 Å². The highest BCUT2D eigenvalue weighted by molar-refractivity contribution is 6.33. The van der Waals surface area contributed by atoms with Crippen molar-refractivity contribution in [1.29, 1.82) is 0 Å². The average Bonchev–Trinajstić information content (AvgIpc) is 2.68. The van der Waals surface area contributed by atoms with Gasteiger partial charge in [-0.3, -0.25) is 9.59 Å². The van der Waals surface area contributed by atoms with Crippen molar-refractivity contribution in [1.82, 2.24) is 10.7 Å². The number of carbonyl (C=O) groups excluding carboxylic acids is 2. The van der Waals surface area contributed by atoms with Crippen molar-refractivity contribution < 1.29 is 9.59 Å². The first-order valence-corrected chi connectivity index (χ1v) is 9.12. The molecule has 0 spiro atoms. The number of anilines is 1. The highest BCUT2D eigenvalue weighted by atomic mass is 35.5. The van der Waals surface area contributed by atoms with Gasteiger partial charge in [0.05, 0.1) is 23.3 Å². The zero-order valence-electron chi connectivity index (χ0n) is 15.4. The Hall–Kier alpha value is -2.86. The molecular formula is C20H23ClN4O2. The van der Waals surface area contributed by atoms with E-state index in [1.54, 1.807) is 30.5 Å². The zero-order chi connectivity index (χ0) is 19.6. The minimum Gasteiger partial charge on any atom is -0.372 e. The number of hydrogen-bond donors (Lipinski definition) is 2. The van der Waals surface area contributed by atoms with E-state index >= 15 is 0 Å². The molecule has 0 aliphatic heterocycles. The molecule has 7 heteroatoms. The smallest absolute Gasteiger partial charge is 0.259 e. The van der Waals surface area contributed by atoms with Crippen LogP contribution in [0.15, 0.2) is 53.6 Å². The van der Waals surface area contributed by atoms with Crippen LogP contribution in [-0.4, -0.2) is 37.7 Å². The predicted octanol–water partition coefficient (Wildman–Crippen LogP) is 3.07. The van der Waals surface area contributed by atoms with Crippen LogP contribution in [0.1, 0.15) is 29.8 Å². The number of amides is 2. The van der Waals surface area contributed by atoms with Gasteiger partial charge in [-0.1, -0.05) is 35.9 Å². The lowest BCUT2D eigenvalue weighted by Gasteiger charge is -2.20. The summed E-state index contributed by atoms with van der Waals surface area (Å²) in [5.74, 6) is -0.835. The summed E-state index contributed by atoms with van der Waals surface area (Å²) < 4.78 is 0. The zero-order valence-corrected chi connectivity index (χ0v) is 16.2. The number of hydrogen-bond acceptors (Lipinski definition) is 4. The first-order chi connectivity index (χ1) is 13.0. The van der Waals surface area contributed by atoms with Crippen molar-refractivity contribution in [2.24, 2.45) is 5.10 Å². The maximum absolute atomic E-state index is 12.0. The van der Waals surface area contributed by atoms with Crippen molar-refractivity contribution in [2.45, 2.75) is 13.8 Å². The number of hydrazone groups is 1. The van der Waals surface area contributed by atoms with E-state index in [9.17, 15) is 9.59 Å². The topological polar surface area (TPSA) is 73.8 Å². The molecule has 0 saturated heterocycles. The molecule has 2 aromatic rings. The van der Waals surface area contributed by atoms with Crippen LogP contribution < -0.4 is 15.6 Å². The van der Waals surface area contributed by atoms with Gasteiger partial charge in [0.15, 0.2) is 0 Å². The average molecular weight is 387 g/mol. The molecule has 2 aromatic carbocycles. The van der Waals surface area contributed by atoms with Gasteiger partial charge >= 0.3 is 0 Å². The van der Waals surface area contributed by atoms with E-state index in [1.807, 2.05) is 24.3 Å². The van der Waals surface area contributed by atoms with Crippen LogP contribution >= 0.6 is 11.6 Å². The highest BCUT2D eigenvalue weighted by Crippen LogP contribution is 2.15. The molecule has 0 radical (unpaired) electrons. The Morgan fingerprint density at radius 3 is 2.37 bits per heavy atom. The second kappa shape index (κ2) is 10.3. The molecule has 2 N–H and O–H groups in total. The van der Waals surface area contributed by atoms with Gasteiger partial charge in [0.25, 0.3) is 11.8 Å². The summed E-state index contributed by atoms with van der Waals surface area (Å²) in [6, 6.07) is 14.5. The number of nitrogens with zero attached hydrogens (tertiary/aromatic N) is 2. The number of halogens is 1. The normalized spacial score (nSPS) is 10.6. The molecule has 6 nitrogen and oxygen atoms in total. The molecule has 0 atom stereocenters. The summed E-state index contributed by atoms with van der Waals surface area (Å²) in [5, 5.41) is 6.75. The number of rotatable bonds is 8. The summed E-state index contributed by atoms with van der Waals surface area (Å²) in [6.45, 7) is 5.92. The highest BCUT2D eigenvalue weighted by Gasteiger charge is 2.10. The quantitative estimate of drug-likeness (QED) is 0.541.